The second-order valence-electron chi connectivity index (χ2n) is 8.13. The fourth-order valence-electron chi connectivity index (χ4n) is 3.58. The van der Waals surface area contributed by atoms with E-state index in [1.54, 1.807) is 29.3 Å². The van der Waals surface area contributed by atoms with E-state index in [-0.39, 0.29) is 34.5 Å². The number of aromatic nitrogens is 3. The van der Waals surface area contributed by atoms with Crippen LogP contribution in [0.25, 0.3) is 23.0 Å². The smallest absolute Gasteiger partial charge is 0.269 e. The Bertz CT molecular complexity index is 1330. The summed E-state index contributed by atoms with van der Waals surface area (Å²) < 4.78 is 5.80. The molecular weight excluding hydrogens is 424 g/mol. The molecule has 166 valence electrons. The van der Waals surface area contributed by atoms with Gasteiger partial charge in [0.1, 0.15) is 23.2 Å². The molecule has 1 aromatic carbocycles. The normalized spacial score (nSPS) is 15.3. The van der Waals surface area contributed by atoms with Crippen LogP contribution in [-0.4, -0.2) is 31.1 Å². The SMILES string of the molecule is CC1=NN(c2nc(N)nc(C(C#N)=Cc3ccc(-c4ccc([N+](=O)[O-])cc4)o3)n2)C(C)(C)C1. The van der Waals surface area contributed by atoms with E-state index in [0.29, 0.717) is 17.1 Å². The van der Waals surface area contributed by atoms with Crippen LogP contribution in [0, 0.1) is 21.4 Å². The molecule has 3 heterocycles. The van der Waals surface area contributed by atoms with Gasteiger partial charge in [-0.1, -0.05) is 0 Å². The summed E-state index contributed by atoms with van der Waals surface area (Å²) in [5.74, 6) is 1.21. The Morgan fingerprint density at radius 1 is 1.24 bits per heavy atom. The molecule has 0 amide bonds. The number of nitriles is 1. The molecule has 4 rings (SSSR count). The summed E-state index contributed by atoms with van der Waals surface area (Å²) in [5.41, 5.74) is 7.28. The Balaban J connectivity index is 1.66. The van der Waals surface area contributed by atoms with E-state index in [9.17, 15) is 15.4 Å². The van der Waals surface area contributed by atoms with Crippen LogP contribution < -0.4 is 10.7 Å². The van der Waals surface area contributed by atoms with Crippen LogP contribution in [0.5, 0.6) is 0 Å². The van der Waals surface area contributed by atoms with Crippen molar-refractivity contribution in [1.29, 1.82) is 5.26 Å². The number of allylic oxidation sites excluding steroid dienone is 1. The van der Waals surface area contributed by atoms with Gasteiger partial charge in [0.15, 0.2) is 5.82 Å². The van der Waals surface area contributed by atoms with E-state index in [1.165, 1.54) is 18.2 Å². The summed E-state index contributed by atoms with van der Waals surface area (Å²) in [6, 6.07) is 11.4. The van der Waals surface area contributed by atoms with E-state index < -0.39 is 4.92 Å². The minimum atomic E-state index is -0.468. The third-order valence-electron chi connectivity index (χ3n) is 5.00. The molecule has 0 radical (unpaired) electrons. The number of furan rings is 1. The van der Waals surface area contributed by atoms with Crippen LogP contribution in [0.1, 0.15) is 38.8 Å². The summed E-state index contributed by atoms with van der Waals surface area (Å²) in [6.45, 7) is 5.94. The van der Waals surface area contributed by atoms with Crippen LogP contribution in [0.15, 0.2) is 45.9 Å². The highest BCUT2D eigenvalue weighted by atomic mass is 16.6. The highest BCUT2D eigenvalue weighted by Gasteiger charge is 2.35. The van der Waals surface area contributed by atoms with Crippen LogP contribution in [0.2, 0.25) is 0 Å². The predicted octanol–water partition coefficient (Wildman–Crippen LogP) is 4.05. The third-order valence-corrected chi connectivity index (χ3v) is 5.00. The highest BCUT2D eigenvalue weighted by Crippen LogP contribution is 2.31. The molecule has 3 aromatic rings. The number of benzene rings is 1. The van der Waals surface area contributed by atoms with E-state index in [4.69, 9.17) is 10.2 Å². The zero-order valence-corrected chi connectivity index (χ0v) is 18.2. The minimum absolute atomic E-state index is 0.0128. The Morgan fingerprint density at radius 3 is 2.58 bits per heavy atom. The molecule has 1 aliphatic rings. The lowest BCUT2D eigenvalue weighted by Crippen LogP contribution is -2.37. The van der Waals surface area contributed by atoms with E-state index in [1.807, 2.05) is 20.8 Å². The van der Waals surface area contributed by atoms with Crippen LogP contribution in [0.4, 0.5) is 17.6 Å². The minimum Gasteiger partial charge on any atom is -0.457 e. The molecule has 0 spiro atoms. The van der Waals surface area contributed by atoms with Gasteiger partial charge >= 0.3 is 0 Å². The zero-order valence-electron chi connectivity index (χ0n) is 18.2. The maximum atomic E-state index is 10.8. The van der Waals surface area contributed by atoms with Gasteiger partial charge in [-0.25, -0.2) is 5.01 Å². The van der Waals surface area contributed by atoms with Gasteiger partial charge in [0, 0.05) is 35.9 Å². The fourth-order valence-corrected chi connectivity index (χ4v) is 3.58. The number of nitrogens with two attached hydrogens (primary N) is 1. The number of rotatable bonds is 5. The standard InChI is InChI=1S/C22H20N8O3/c1-13-11-22(2,3)29(28-13)21-26-19(25-20(24)27-21)15(12-23)10-17-8-9-18(33-17)14-4-6-16(7-5-14)30(31)32/h4-10H,11H2,1-3H3,(H2,24,25,26,27). The lowest BCUT2D eigenvalue weighted by Gasteiger charge is -2.28. The molecule has 0 fully saturated rings. The van der Waals surface area contributed by atoms with Gasteiger partial charge in [0.05, 0.1) is 10.5 Å². The van der Waals surface area contributed by atoms with Gasteiger partial charge in [-0.05, 0) is 45.0 Å². The second-order valence-corrected chi connectivity index (χ2v) is 8.13. The Hall–Kier alpha value is -4.59. The highest BCUT2D eigenvalue weighted by molar-refractivity contribution is 5.88. The fraction of sp³-hybridized carbons (Fsp3) is 0.227. The van der Waals surface area contributed by atoms with Crippen molar-refractivity contribution >= 4 is 34.9 Å². The van der Waals surface area contributed by atoms with E-state index in [0.717, 1.165) is 12.1 Å². The summed E-state index contributed by atoms with van der Waals surface area (Å²) >= 11 is 0. The van der Waals surface area contributed by atoms with Crippen molar-refractivity contribution in [2.75, 3.05) is 10.7 Å². The molecule has 0 saturated carbocycles. The first-order valence-corrected chi connectivity index (χ1v) is 9.99. The lowest BCUT2D eigenvalue weighted by molar-refractivity contribution is -0.384. The van der Waals surface area contributed by atoms with Crippen molar-refractivity contribution in [1.82, 2.24) is 15.0 Å². The summed E-state index contributed by atoms with van der Waals surface area (Å²) in [7, 11) is 0. The summed E-state index contributed by atoms with van der Waals surface area (Å²) in [4.78, 5) is 23.1. The summed E-state index contributed by atoms with van der Waals surface area (Å²) in [5, 5.41) is 26.7. The number of nitrogen functional groups attached to an aromatic ring is 1. The maximum absolute atomic E-state index is 10.8. The molecule has 0 unspecified atom stereocenters. The molecule has 33 heavy (non-hydrogen) atoms. The monoisotopic (exact) mass is 444 g/mol. The quantitative estimate of drug-likeness (QED) is 0.347. The number of anilines is 2. The van der Waals surface area contributed by atoms with Crippen LogP contribution in [0.3, 0.4) is 0 Å². The van der Waals surface area contributed by atoms with Gasteiger partial charge in [-0.2, -0.15) is 25.3 Å². The van der Waals surface area contributed by atoms with Gasteiger partial charge in [0.25, 0.3) is 11.6 Å². The van der Waals surface area contributed by atoms with Crippen molar-refractivity contribution in [3.8, 4) is 17.4 Å². The first kappa shape index (κ1) is 21.6. The number of hydrazone groups is 1. The van der Waals surface area contributed by atoms with Crippen molar-refractivity contribution in [3.63, 3.8) is 0 Å². The summed E-state index contributed by atoms with van der Waals surface area (Å²) in [6.07, 6.45) is 2.24. The van der Waals surface area contributed by atoms with Gasteiger partial charge in [-0.15, -0.1) is 0 Å². The third kappa shape index (κ3) is 4.40. The number of nitro groups is 1. The van der Waals surface area contributed by atoms with E-state index >= 15 is 0 Å². The van der Waals surface area contributed by atoms with Crippen LogP contribution >= 0.6 is 0 Å². The first-order chi connectivity index (χ1) is 15.7. The van der Waals surface area contributed by atoms with Crippen molar-refractivity contribution < 1.29 is 9.34 Å². The van der Waals surface area contributed by atoms with Crippen molar-refractivity contribution in [2.45, 2.75) is 32.7 Å². The van der Waals surface area contributed by atoms with Gasteiger partial charge < -0.3 is 10.2 Å². The van der Waals surface area contributed by atoms with Gasteiger partial charge in [0.2, 0.25) is 5.95 Å². The average Bonchev–Trinajstić information content (AvgIpc) is 3.34. The topological polar surface area (TPSA) is 160 Å². The number of nitro benzene ring substituents is 1. The number of non-ortho nitro benzene ring substituents is 1. The molecule has 0 bridgehead atoms. The first-order valence-electron chi connectivity index (χ1n) is 9.99. The van der Waals surface area contributed by atoms with Crippen molar-refractivity contribution in [3.05, 3.63) is 58.1 Å². The van der Waals surface area contributed by atoms with E-state index in [2.05, 4.69) is 26.1 Å². The van der Waals surface area contributed by atoms with Crippen LogP contribution in [-0.2, 0) is 0 Å². The Kier molecular flexibility index (Phi) is 5.35. The Morgan fingerprint density at radius 2 is 1.97 bits per heavy atom. The molecule has 11 nitrogen and oxygen atoms in total. The Labute approximate surface area is 189 Å². The second kappa shape index (κ2) is 8.16. The lowest BCUT2D eigenvalue weighted by atomic mass is 9.99. The van der Waals surface area contributed by atoms with Crippen molar-refractivity contribution in [2.24, 2.45) is 5.10 Å². The molecule has 2 aromatic heterocycles. The molecule has 2 N–H and O–H groups in total. The molecule has 1 aliphatic heterocycles. The molecule has 11 heteroatoms. The number of hydrogen-bond donors (Lipinski definition) is 1. The average molecular weight is 444 g/mol. The molecule has 0 aliphatic carbocycles. The van der Waals surface area contributed by atoms with Gasteiger partial charge in [-0.3, -0.25) is 10.1 Å². The predicted molar refractivity (Wildman–Crippen MR) is 123 cm³/mol. The number of hydrogen-bond acceptors (Lipinski definition) is 10. The zero-order chi connectivity index (χ0) is 23.8. The molecule has 0 atom stereocenters. The maximum Gasteiger partial charge on any atom is 0.269 e. The molecular formula is C22H20N8O3. The largest absolute Gasteiger partial charge is 0.457 e. The number of nitrogens with zero attached hydrogens (tertiary/aromatic N) is 7. The molecule has 0 saturated heterocycles.